The van der Waals surface area contributed by atoms with Crippen molar-refractivity contribution in [2.45, 2.75) is 13.3 Å². The first kappa shape index (κ1) is 16.7. The fraction of sp³-hybridized carbons (Fsp3) is 0.118. The lowest BCUT2D eigenvalue weighted by atomic mass is 10.1. The van der Waals surface area contributed by atoms with Gasteiger partial charge in [-0.15, -0.1) is 21.5 Å². The summed E-state index contributed by atoms with van der Waals surface area (Å²) in [5.41, 5.74) is 2.21. The summed E-state index contributed by atoms with van der Waals surface area (Å²) in [6.07, 6.45) is 1.73. The Labute approximate surface area is 147 Å². The van der Waals surface area contributed by atoms with Crippen molar-refractivity contribution in [1.29, 1.82) is 0 Å². The maximum Gasteiger partial charge on any atom is 0.239 e. The molecule has 0 spiro atoms. The van der Waals surface area contributed by atoms with Crippen LogP contribution < -0.4 is 0 Å². The van der Waals surface area contributed by atoms with Crippen molar-refractivity contribution in [2.24, 2.45) is 0 Å². The van der Waals surface area contributed by atoms with Crippen molar-refractivity contribution >= 4 is 28.7 Å². The molecule has 126 valence electrons. The van der Waals surface area contributed by atoms with Crippen LogP contribution in [-0.2, 0) is 6.42 Å². The molecule has 0 saturated carbocycles. The largest absolute Gasteiger partial charge is 0.504 e. The highest BCUT2D eigenvalue weighted by Crippen LogP contribution is 2.20. The van der Waals surface area contributed by atoms with Crippen LogP contribution in [0.3, 0.4) is 0 Å². The van der Waals surface area contributed by atoms with E-state index in [9.17, 15) is 14.7 Å². The molecule has 0 bridgehead atoms. The summed E-state index contributed by atoms with van der Waals surface area (Å²) in [5.74, 6) is -0.679. The van der Waals surface area contributed by atoms with Crippen molar-refractivity contribution in [3.05, 3.63) is 69.2 Å². The van der Waals surface area contributed by atoms with Gasteiger partial charge in [-0.25, -0.2) is 0 Å². The van der Waals surface area contributed by atoms with Gasteiger partial charge in [0.2, 0.25) is 5.82 Å². The molecule has 2 aromatic heterocycles. The Bertz CT molecular complexity index is 927. The van der Waals surface area contributed by atoms with Crippen LogP contribution in [0.1, 0.15) is 43.9 Å². The number of ketones is 2. The van der Waals surface area contributed by atoms with Crippen LogP contribution in [0, 0.1) is 0 Å². The number of allylic oxidation sites excluding steroid dienone is 1. The molecule has 8 heteroatoms. The lowest BCUT2D eigenvalue weighted by Gasteiger charge is -2.00. The summed E-state index contributed by atoms with van der Waals surface area (Å²) in [4.78, 5) is 24.5. The van der Waals surface area contributed by atoms with Gasteiger partial charge < -0.3 is 5.11 Å². The summed E-state index contributed by atoms with van der Waals surface area (Å²) in [6, 6.07) is 9.18. The number of carbonyl (C=O) groups is 2. The van der Waals surface area contributed by atoms with Gasteiger partial charge >= 0.3 is 0 Å². The van der Waals surface area contributed by atoms with Gasteiger partial charge in [-0.05, 0) is 23.8 Å². The molecule has 7 nitrogen and oxygen atoms in total. The summed E-state index contributed by atoms with van der Waals surface area (Å²) < 4.78 is 0. The third-order valence-corrected chi connectivity index (χ3v) is 4.46. The second-order valence-electron chi connectivity index (χ2n) is 5.36. The van der Waals surface area contributed by atoms with E-state index in [4.69, 9.17) is 0 Å². The number of thiophene rings is 1. The summed E-state index contributed by atoms with van der Waals surface area (Å²) in [6.45, 7) is 1.53. The van der Waals surface area contributed by atoms with Crippen molar-refractivity contribution < 1.29 is 14.7 Å². The van der Waals surface area contributed by atoms with Gasteiger partial charge in [-0.3, -0.25) is 9.59 Å². The van der Waals surface area contributed by atoms with Gasteiger partial charge in [0.05, 0.1) is 0 Å². The highest BCUT2D eigenvalue weighted by atomic mass is 32.1. The molecular formula is C17H14N4O3S. The number of hydrogen-bond donors (Lipinski definition) is 2. The van der Waals surface area contributed by atoms with E-state index in [0.717, 1.165) is 16.5 Å². The van der Waals surface area contributed by atoms with Crippen LogP contribution in [-0.4, -0.2) is 37.3 Å². The first-order chi connectivity index (χ1) is 12.0. The fourth-order valence-corrected chi connectivity index (χ4v) is 3.11. The van der Waals surface area contributed by atoms with Crippen LogP contribution >= 0.6 is 11.3 Å². The first-order valence-electron chi connectivity index (χ1n) is 7.39. The molecule has 2 heterocycles. The number of aromatic nitrogens is 4. The SMILES string of the molecule is CC(=O)c1ccc(Cc2cc(C(=O)C=C(O)c3nn[nH]n3)cs2)cc1. The molecule has 0 aliphatic carbocycles. The number of rotatable bonds is 6. The second-order valence-corrected chi connectivity index (χ2v) is 6.36. The van der Waals surface area contributed by atoms with Crippen molar-refractivity contribution in [3.8, 4) is 0 Å². The highest BCUT2D eigenvalue weighted by Gasteiger charge is 2.11. The smallest absolute Gasteiger partial charge is 0.239 e. The van der Waals surface area contributed by atoms with Crippen molar-refractivity contribution in [2.75, 3.05) is 0 Å². The van der Waals surface area contributed by atoms with E-state index < -0.39 is 0 Å². The summed E-state index contributed by atoms with van der Waals surface area (Å²) >= 11 is 1.46. The lowest BCUT2D eigenvalue weighted by molar-refractivity contribution is 0.101. The molecule has 0 atom stereocenters. The molecule has 3 rings (SSSR count). The van der Waals surface area contributed by atoms with E-state index in [1.165, 1.54) is 18.3 Å². The Hall–Kier alpha value is -3.13. The summed E-state index contributed by atoms with van der Waals surface area (Å²) in [7, 11) is 0. The molecule has 0 amide bonds. The molecule has 3 aromatic rings. The maximum absolute atomic E-state index is 12.2. The molecule has 0 aliphatic rings. The fourth-order valence-electron chi connectivity index (χ4n) is 2.20. The number of benzene rings is 1. The Balaban J connectivity index is 1.70. The molecule has 0 saturated heterocycles. The third kappa shape index (κ3) is 4.04. The number of aromatic amines is 1. The van der Waals surface area contributed by atoms with Gasteiger partial charge in [0.1, 0.15) is 0 Å². The molecular weight excluding hydrogens is 340 g/mol. The quantitative estimate of drug-likeness (QED) is 0.400. The predicted molar refractivity (Wildman–Crippen MR) is 92.7 cm³/mol. The van der Waals surface area contributed by atoms with Crippen LogP contribution in [0.4, 0.5) is 0 Å². The average Bonchev–Trinajstić information content (AvgIpc) is 3.27. The zero-order valence-corrected chi connectivity index (χ0v) is 14.1. The van der Waals surface area contributed by atoms with Crippen molar-refractivity contribution in [3.63, 3.8) is 0 Å². The van der Waals surface area contributed by atoms with Crippen LogP contribution in [0.2, 0.25) is 0 Å². The molecule has 0 unspecified atom stereocenters. The molecule has 1 aromatic carbocycles. The minimum atomic E-state index is -0.341. The Kier molecular flexibility index (Phi) is 4.80. The van der Waals surface area contributed by atoms with E-state index in [1.807, 2.05) is 12.1 Å². The number of carbonyl (C=O) groups excluding carboxylic acids is 2. The van der Waals surface area contributed by atoms with Gasteiger partial charge in [0.25, 0.3) is 0 Å². The number of Topliss-reactive ketones (excluding diaryl/α,β-unsaturated/α-hetero) is 1. The number of tetrazole rings is 1. The molecule has 0 radical (unpaired) electrons. The lowest BCUT2D eigenvalue weighted by Crippen LogP contribution is -1.96. The van der Waals surface area contributed by atoms with Crippen LogP contribution in [0.25, 0.3) is 5.76 Å². The Morgan fingerprint density at radius 3 is 2.64 bits per heavy atom. The number of aliphatic hydroxyl groups is 1. The number of nitrogens with zero attached hydrogens (tertiary/aromatic N) is 3. The second kappa shape index (κ2) is 7.18. The average molecular weight is 354 g/mol. The van der Waals surface area contributed by atoms with E-state index >= 15 is 0 Å². The zero-order chi connectivity index (χ0) is 17.8. The van der Waals surface area contributed by atoms with Gasteiger partial charge in [-0.2, -0.15) is 5.21 Å². The number of aliphatic hydroxyl groups excluding tert-OH is 1. The highest BCUT2D eigenvalue weighted by molar-refractivity contribution is 7.10. The number of hydrogen-bond acceptors (Lipinski definition) is 7. The first-order valence-corrected chi connectivity index (χ1v) is 8.27. The van der Waals surface area contributed by atoms with Gasteiger partial charge in [-0.1, -0.05) is 24.3 Å². The molecule has 2 N–H and O–H groups in total. The number of nitrogens with one attached hydrogen (secondary N) is 1. The number of H-pyrrole nitrogens is 1. The van der Waals surface area contributed by atoms with E-state index in [1.54, 1.807) is 23.6 Å². The van der Waals surface area contributed by atoms with Crippen molar-refractivity contribution in [1.82, 2.24) is 20.6 Å². The maximum atomic E-state index is 12.2. The monoisotopic (exact) mass is 354 g/mol. The Morgan fingerprint density at radius 1 is 1.24 bits per heavy atom. The predicted octanol–water partition coefficient (Wildman–Crippen LogP) is 2.84. The van der Waals surface area contributed by atoms with Crippen LogP contribution in [0.5, 0.6) is 0 Å². The molecule has 0 aliphatic heterocycles. The molecule has 25 heavy (non-hydrogen) atoms. The third-order valence-electron chi connectivity index (χ3n) is 3.52. The zero-order valence-electron chi connectivity index (χ0n) is 13.3. The van der Waals surface area contributed by atoms with E-state index in [-0.39, 0.29) is 23.2 Å². The molecule has 0 fully saturated rings. The minimum absolute atomic E-state index is 0.0313. The minimum Gasteiger partial charge on any atom is -0.504 e. The van der Waals surface area contributed by atoms with Gasteiger partial charge in [0.15, 0.2) is 17.3 Å². The van der Waals surface area contributed by atoms with Gasteiger partial charge in [0, 0.05) is 33.9 Å². The Morgan fingerprint density at radius 2 is 2.00 bits per heavy atom. The van der Waals surface area contributed by atoms with Crippen LogP contribution in [0.15, 0.2) is 41.8 Å². The summed E-state index contributed by atoms with van der Waals surface area (Å²) in [5, 5.41) is 24.3. The van der Waals surface area contributed by atoms with E-state index in [2.05, 4.69) is 20.6 Å². The topological polar surface area (TPSA) is 109 Å². The normalized spacial score (nSPS) is 11.5. The standard InChI is InChI=1S/C17H14N4O3S/c1-10(22)12-4-2-11(3-5-12)6-14-7-13(9-25-14)15(23)8-16(24)17-18-20-21-19-17/h2-5,7-9,24H,6H2,1H3,(H,18,19,20,21). The van der Waals surface area contributed by atoms with E-state index in [0.29, 0.717) is 17.5 Å².